The second-order valence-corrected chi connectivity index (χ2v) is 7.51. The number of nitrogens with zero attached hydrogens (tertiary/aromatic N) is 1. The van der Waals surface area contributed by atoms with Crippen LogP contribution >= 0.6 is 24.0 Å². The Kier molecular flexibility index (Phi) is 6.33. The summed E-state index contributed by atoms with van der Waals surface area (Å²) in [5, 5.41) is 7.19. The van der Waals surface area contributed by atoms with E-state index in [2.05, 4.69) is 27.8 Å². The van der Waals surface area contributed by atoms with E-state index in [0.29, 0.717) is 23.5 Å². The van der Waals surface area contributed by atoms with E-state index in [9.17, 15) is 0 Å². The fourth-order valence-corrected chi connectivity index (χ4v) is 5.02. The molecular weight excluding hydrogens is 441 g/mol. The van der Waals surface area contributed by atoms with Gasteiger partial charge >= 0.3 is 0 Å². The van der Waals surface area contributed by atoms with E-state index in [1.54, 1.807) is 7.11 Å². The Morgan fingerprint density at radius 2 is 2.15 bits per heavy atom. The Morgan fingerprint density at radius 3 is 2.85 bits per heavy atom. The van der Waals surface area contributed by atoms with Gasteiger partial charge in [0.2, 0.25) is 0 Å². The molecule has 0 amide bonds. The van der Waals surface area contributed by atoms with Crippen molar-refractivity contribution in [1.82, 2.24) is 10.6 Å². The van der Waals surface area contributed by atoms with Crippen molar-refractivity contribution in [2.75, 3.05) is 27.3 Å². The molecule has 3 unspecified atom stereocenters. The van der Waals surface area contributed by atoms with Crippen LogP contribution in [0, 0.1) is 11.3 Å². The summed E-state index contributed by atoms with van der Waals surface area (Å²) in [5.41, 5.74) is 1.60. The van der Waals surface area contributed by atoms with Gasteiger partial charge in [-0.1, -0.05) is 24.6 Å². The number of methoxy groups -OCH3 is 1. The molecule has 6 heteroatoms. The topological polar surface area (TPSA) is 54.9 Å². The lowest BCUT2D eigenvalue weighted by Gasteiger charge is -2.63. The molecule has 3 aliphatic rings. The number of fused-ring (bicyclic) bond motifs is 2. The highest BCUT2D eigenvalue weighted by atomic mass is 127. The molecule has 4 rings (SSSR count). The quantitative estimate of drug-likeness (QED) is 0.394. The van der Waals surface area contributed by atoms with Crippen molar-refractivity contribution in [1.29, 1.82) is 0 Å². The zero-order valence-electron chi connectivity index (χ0n) is 15.7. The van der Waals surface area contributed by atoms with Crippen molar-refractivity contribution < 1.29 is 9.47 Å². The molecule has 1 spiro atoms. The largest absolute Gasteiger partial charge is 0.496 e. The van der Waals surface area contributed by atoms with Crippen LogP contribution in [-0.4, -0.2) is 45.4 Å². The molecule has 2 saturated carbocycles. The number of hydrogen-bond acceptors (Lipinski definition) is 3. The Balaban J connectivity index is 0.00000196. The minimum atomic E-state index is 0. The number of benzene rings is 1. The van der Waals surface area contributed by atoms with Crippen LogP contribution in [0.2, 0.25) is 0 Å². The molecule has 1 saturated heterocycles. The van der Waals surface area contributed by atoms with Crippen molar-refractivity contribution in [3.8, 4) is 5.75 Å². The van der Waals surface area contributed by atoms with Crippen molar-refractivity contribution in [2.24, 2.45) is 16.3 Å². The maximum Gasteiger partial charge on any atom is 0.191 e. The Morgan fingerprint density at radius 1 is 1.35 bits per heavy atom. The summed E-state index contributed by atoms with van der Waals surface area (Å²) in [4.78, 5) is 4.44. The second kappa shape index (κ2) is 8.33. The lowest BCUT2D eigenvalue weighted by atomic mass is 9.46. The monoisotopic (exact) mass is 471 g/mol. The van der Waals surface area contributed by atoms with Crippen molar-refractivity contribution in [3.05, 3.63) is 29.8 Å². The molecule has 1 heterocycles. The summed E-state index contributed by atoms with van der Waals surface area (Å²) in [6.07, 6.45) is 6.52. The van der Waals surface area contributed by atoms with E-state index >= 15 is 0 Å². The molecule has 1 aromatic rings. The highest BCUT2D eigenvalue weighted by Gasteiger charge is 2.66. The Bertz CT molecular complexity index is 648. The summed E-state index contributed by atoms with van der Waals surface area (Å²) < 4.78 is 11.4. The van der Waals surface area contributed by atoms with Crippen LogP contribution in [0.3, 0.4) is 0 Å². The van der Waals surface area contributed by atoms with Gasteiger partial charge in [0.1, 0.15) is 5.75 Å². The molecular formula is C20H30IN3O2. The summed E-state index contributed by atoms with van der Waals surface area (Å²) in [6.45, 7) is 1.76. The summed E-state index contributed by atoms with van der Waals surface area (Å²) in [5.74, 6) is 2.52. The van der Waals surface area contributed by atoms with Crippen molar-refractivity contribution >= 4 is 29.9 Å². The third kappa shape index (κ3) is 3.30. The van der Waals surface area contributed by atoms with Gasteiger partial charge in [-0.2, -0.15) is 0 Å². The van der Waals surface area contributed by atoms with E-state index in [0.717, 1.165) is 31.3 Å². The van der Waals surface area contributed by atoms with Gasteiger partial charge in [-0.25, -0.2) is 0 Å². The van der Waals surface area contributed by atoms with E-state index in [4.69, 9.17) is 9.47 Å². The number of rotatable bonds is 5. The van der Waals surface area contributed by atoms with Gasteiger partial charge in [0.25, 0.3) is 0 Å². The minimum absolute atomic E-state index is 0. The number of halogens is 1. The number of para-hydroxylation sites is 1. The molecule has 1 aromatic carbocycles. The molecule has 5 nitrogen and oxygen atoms in total. The Labute approximate surface area is 173 Å². The van der Waals surface area contributed by atoms with Crippen LogP contribution in [0.25, 0.3) is 0 Å². The van der Waals surface area contributed by atoms with Crippen LogP contribution in [0.1, 0.15) is 31.2 Å². The number of aliphatic imine (C=N–C) groups is 1. The SMILES string of the molecule is CN=C(NCCc1ccccc1OC)NC1C2CCOC2C12CCC2.I. The smallest absolute Gasteiger partial charge is 0.191 e. The van der Waals surface area contributed by atoms with Crippen LogP contribution in [-0.2, 0) is 11.2 Å². The third-order valence-corrected chi connectivity index (χ3v) is 6.43. The Hall–Kier alpha value is -1.02. The minimum Gasteiger partial charge on any atom is -0.496 e. The van der Waals surface area contributed by atoms with E-state index in [1.807, 2.05) is 19.2 Å². The van der Waals surface area contributed by atoms with Crippen LogP contribution in [0.5, 0.6) is 5.75 Å². The number of nitrogens with one attached hydrogen (secondary N) is 2. The van der Waals surface area contributed by atoms with E-state index < -0.39 is 0 Å². The van der Waals surface area contributed by atoms with Gasteiger partial charge in [-0.05, 0) is 37.3 Å². The predicted molar refractivity (Wildman–Crippen MR) is 115 cm³/mol. The average molecular weight is 471 g/mol. The van der Waals surface area contributed by atoms with Crippen LogP contribution in [0.4, 0.5) is 0 Å². The van der Waals surface area contributed by atoms with E-state index in [-0.39, 0.29) is 24.0 Å². The first kappa shape index (κ1) is 19.7. The first-order valence-electron chi connectivity index (χ1n) is 9.49. The lowest BCUT2D eigenvalue weighted by molar-refractivity contribution is -0.171. The van der Waals surface area contributed by atoms with Gasteiger partial charge < -0.3 is 20.1 Å². The molecule has 0 bridgehead atoms. The van der Waals surface area contributed by atoms with Gasteiger partial charge in [-0.3, -0.25) is 4.99 Å². The zero-order valence-corrected chi connectivity index (χ0v) is 18.0. The average Bonchev–Trinajstić information content (AvgIpc) is 3.02. The molecule has 2 N–H and O–H groups in total. The molecule has 3 atom stereocenters. The zero-order chi connectivity index (χ0) is 17.3. The fourth-order valence-electron chi connectivity index (χ4n) is 5.02. The molecule has 26 heavy (non-hydrogen) atoms. The maximum absolute atomic E-state index is 6.01. The predicted octanol–water partition coefficient (Wildman–Crippen LogP) is 2.98. The molecule has 144 valence electrons. The van der Waals surface area contributed by atoms with E-state index in [1.165, 1.54) is 31.2 Å². The fraction of sp³-hybridized carbons (Fsp3) is 0.650. The first-order chi connectivity index (χ1) is 12.3. The van der Waals surface area contributed by atoms with Gasteiger partial charge in [0, 0.05) is 37.6 Å². The van der Waals surface area contributed by atoms with Crippen molar-refractivity contribution in [2.45, 2.75) is 44.2 Å². The maximum atomic E-state index is 6.01. The highest BCUT2D eigenvalue weighted by Crippen LogP contribution is 2.62. The second-order valence-electron chi connectivity index (χ2n) is 7.51. The molecule has 0 radical (unpaired) electrons. The van der Waals surface area contributed by atoms with Gasteiger partial charge in [0.05, 0.1) is 13.2 Å². The summed E-state index contributed by atoms with van der Waals surface area (Å²) >= 11 is 0. The normalized spacial score (nSPS) is 28.4. The van der Waals surface area contributed by atoms with Crippen LogP contribution in [0.15, 0.2) is 29.3 Å². The number of guanidine groups is 1. The first-order valence-corrected chi connectivity index (χ1v) is 9.49. The highest BCUT2D eigenvalue weighted by molar-refractivity contribution is 14.0. The lowest BCUT2D eigenvalue weighted by Crippen LogP contribution is -2.72. The molecule has 3 fully saturated rings. The van der Waals surface area contributed by atoms with Gasteiger partial charge in [0.15, 0.2) is 5.96 Å². The van der Waals surface area contributed by atoms with Crippen molar-refractivity contribution in [3.63, 3.8) is 0 Å². The summed E-state index contributed by atoms with van der Waals surface area (Å²) in [6, 6.07) is 8.71. The third-order valence-electron chi connectivity index (χ3n) is 6.43. The van der Waals surface area contributed by atoms with Gasteiger partial charge in [-0.15, -0.1) is 24.0 Å². The van der Waals surface area contributed by atoms with Crippen LogP contribution < -0.4 is 15.4 Å². The molecule has 0 aromatic heterocycles. The number of hydrogen-bond donors (Lipinski definition) is 2. The molecule has 2 aliphatic carbocycles. The number of ether oxygens (including phenoxy) is 2. The standard InChI is InChI=1S/C20H29N3O2.HI/c1-21-19(22-12-8-14-6-3-4-7-16(14)24-2)23-17-15-9-13-25-18(15)20(17)10-5-11-20;/h3-4,6-7,15,17-18H,5,8-13H2,1-2H3,(H2,21,22,23);1H. The summed E-state index contributed by atoms with van der Waals surface area (Å²) in [7, 11) is 3.58. The molecule has 1 aliphatic heterocycles.